The standard InChI is InChI=1S/C14H22N2O3/c1-16(10-14(17)6-8-19-9-7-14)11-4-3-5-12(18-2)13(11)15/h3-5,17H,6-10,15H2,1-2H3. The summed E-state index contributed by atoms with van der Waals surface area (Å²) < 4.78 is 10.5. The van der Waals surface area contributed by atoms with Crippen molar-refractivity contribution in [1.82, 2.24) is 0 Å². The smallest absolute Gasteiger partial charge is 0.143 e. The number of aliphatic hydroxyl groups is 1. The molecule has 5 nitrogen and oxygen atoms in total. The van der Waals surface area contributed by atoms with Crippen molar-refractivity contribution >= 4 is 11.4 Å². The van der Waals surface area contributed by atoms with E-state index in [4.69, 9.17) is 15.2 Å². The van der Waals surface area contributed by atoms with E-state index < -0.39 is 5.60 Å². The van der Waals surface area contributed by atoms with E-state index in [9.17, 15) is 5.11 Å². The molecule has 0 radical (unpaired) electrons. The fourth-order valence-corrected chi connectivity index (χ4v) is 2.48. The summed E-state index contributed by atoms with van der Waals surface area (Å²) in [6.07, 6.45) is 1.31. The molecule has 0 bridgehead atoms. The van der Waals surface area contributed by atoms with Gasteiger partial charge in [0.05, 0.1) is 24.1 Å². The Balaban J connectivity index is 2.13. The predicted molar refractivity (Wildman–Crippen MR) is 75.7 cm³/mol. The molecule has 1 saturated heterocycles. The van der Waals surface area contributed by atoms with E-state index in [0.717, 1.165) is 5.69 Å². The summed E-state index contributed by atoms with van der Waals surface area (Å²) in [6, 6.07) is 5.66. The molecule has 106 valence electrons. The molecule has 0 spiro atoms. The molecular weight excluding hydrogens is 244 g/mol. The normalized spacial score (nSPS) is 18.1. The second kappa shape index (κ2) is 5.67. The van der Waals surface area contributed by atoms with Crippen molar-refractivity contribution < 1.29 is 14.6 Å². The lowest BCUT2D eigenvalue weighted by atomic mass is 9.93. The summed E-state index contributed by atoms with van der Waals surface area (Å²) in [4.78, 5) is 1.98. The topological polar surface area (TPSA) is 68.0 Å². The molecule has 1 heterocycles. The van der Waals surface area contributed by atoms with Crippen LogP contribution in [0, 0.1) is 0 Å². The molecule has 3 N–H and O–H groups in total. The first-order chi connectivity index (χ1) is 9.06. The highest BCUT2D eigenvalue weighted by molar-refractivity contribution is 5.73. The first kappa shape index (κ1) is 14.0. The van der Waals surface area contributed by atoms with E-state index in [-0.39, 0.29) is 0 Å². The Hall–Kier alpha value is -1.46. The molecule has 1 aliphatic heterocycles. The maximum absolute atomic E-state index is 10.5. The molecule has 1 aliphatic rings. The van der Waals surface area contributed by atoms with Crippen LogP contribution in [0.15, 0.2) is 18.2 Å². The predicted octanol–water partition coefficient (Wildman–Crippen LogP) is 1.26. The lowest BCUT2D eigenvalue weighted by Crippen LogP contribution is -2.45. The molecule has 1 fully saturated rings. The Morgan fingerprint density at radius 3 is 2.74 bits per heavy atom. The van der Waals surface area contributed by atoms with Gasteiger partial charge in [-0.2, -0.15) is 0 Å². The average molecular weight is 266 g/mol. The van der Waals surface area contributed by atoms with Gasteiger partial charge >= 0.3 is 0 Å². The van der Waals surface area contributed by atoms with Gasteiger partial charge in [0.1, 0.15) is 5.75 Å². The van der Waals surface area contributed by atoms with Crippen LogP contribution in [0.5, 0.6) is 5.75 Å². The maximum Gasteiger partial charge on any atom is 0.143 e. The molecule has 0 aliphatic carbocycles. The number of methoxy groups -OCH3 is 1. The van der Waals surface area contributed by atoms with E-state index in [0.29, 0.717) is 44.0 Å². The largest absolute Gasteiger partial charge is 0.495 e. The van der Waals surface area contributed by atoms with Gasteiger partial charge in [-0.3, -0.25) is 0 Å². The first-order valence-electron chi connectivity index (χ1n) is 6.49. The van der Waals surface area contributed by atoms with E-state index in [2.05, 4.69) is 0 Å². The Bertz CT molecular complexity index is 431. The monoisotopic (exact) mass is 266 g/mol. The number of anilines is 2. The Morgan fingerprint density at radius 2 is 2.11 bits per heavy atom. The maximum atomic E-state index is 10.5. The van der Waals surface area contributed by atoms with Gasteiger partial charge in [-0.1, -0.05) is 6.07 Å². The molecule has 0 atom stereocenters. The number of ether oxygens (including phenoxy) is 2. The molecule has 1 aromatic rings. The third-order valence-electron chi connectivity index (χ3n) is 3.63. The van der Waals surface area contributed by atoms with E-state index in [1.165, 1.54) is 0 Å². The second-order valence-corrected chi connectivity index (χ2v) is 5.09. The lowest BCUT2D eigenvalue weighted by Gasteiger charge is -2.36. The van der Waals surface area contributed by atoms with Crippen LogP contribution in [0.2, 0.25) is 0 Å². The zero-order valence-electron chi connectivity index (χ0n) is 11.6. The number of benzene rings is 1. The summed E-state index contributed by atoms with van der Waals surface area (Å²) in [5.41, 5.74) is 6.84. The van der Waals surface area contributed by atoms with Crippen molar-refractivity contribution in [3.8, 4) is 5.75 Å². The van der Waals surface area contributed by atoms with Crippen LogP contribution in [0.1, 0.15) is 12.8 Å². The number of nitrogen functional groups attached to an aromatic ring is 1. The van der Waals surface area contributed by atoms with Gasteiger partial charge in [0.25, 0.3) is 0 Å². The fraction of sp³-hybridized carbons (Fsp3) is 0.571. The Kier molecular flexibility index (Phi) is 4.17. The highest BCUT2D eigenvalue weighted by Gasteiger charge is 2.31. The van der Waals surface area contributed by atoms with E-state index in [1.807, 2.05) is 30.1 Å². The van der Waals surface area contributed by atoms with Crippen molar-refractivity contribution in [2.45, 2.75) is 18.4 Å². The van der Waals surface area contributed by atoms with Crippen molar-refractivity contribution in [1.29, 1.82) is 0 Å². The van der Waals surface area contributed by atoms with Crippen LogP contribution in [-0.2, 0) is 4.74 Å². The van der Waals surface area contributed by atoms with Gasteiger partial charge in [0.2, 0.25) is 0 Å². The van der Waals surface area contributed by atoms with Crippen LogP contribution in [-0.4, -0.2) is 44.6 Å². The molecule has 0 saturated carbocycles. The number of nitrogens with two attached hydrogens (primary N) is 1. The minimum atomic E-state index is -0.706. The summed E-state index contributed by atoms with van der Waals surface area (Å²) in [5, 5.41) is 10.5. The number of hydrogen-bond donors (Lipinski definition) is 2. The molecular formula is C14H22N2O3. The van der Waals surface area contributed by atoms with Crippen LogP contribution in [0.4, 0.5) is 11.4 Å². The summed E-state index contributed by atoms with van der Waals surface area (Å²) in [5.74, 6) is 0.656. The molecule has 0 unspecified atom stereocenters. The summed E-state index contributed by atoms with van der Waals surface area (Å²) >= 11 is 0. The zero-order valence-corrected chi connectivity index (χ0v) is 11.6. The first-order valence-corrected chi connectivity index (χ1v) is 6.49. The SMILES string of the molecule is COc1cccc(N(C)CC2(O)CCOCC2)c1N. The van der Waals surface area contributed by atoms with Crippen LogP contribution in [0.3, 0.4) is 0 Å². The molecule has 2 rings (SSSR count). The third-order valence-corrected chi connectivity index (χ3v) is 3.63. The highest BCUT2D eigenvalue weighted by Crippen LogP contribution is 2.33. The zero-order chi connectivity index (χ0) is 13.9. The minimum Gasteiger partial charge on any atom is -0.495 e. The number of para-hydroxylation sites is 1. The van der Waals surface area contributed by atoms with Gasteiger partial charge in [0, 0.05) is 39.6 Å². The summed E-state index contributed by atoms with van der Waals surface area (Å²) in [7, 11) is 3.53. The van der Waals surface area contributed by atoms with Crippen molar-refractivity contribution in [3.05, 3.63) is 18.2 Å². The number of nitrogens with zero attached hydrogens (tertiary/aromatic N) is 1. The quantitative estimate of drug-likeness (QED) is 0.803. The van der Waals surface area contributed by atoms with Crippen molar-refractivity contribution in [2.75, 3.05) is 44.5 Å². The van der Waals surface area contributed by atoms with Gasteiger partial charge in [0.15, 0.2) is 0 Å². The van der Waals surface area contributed by atoms with Crippen LogP contribution < -0.4 is 15.4 Å². The Labute approximate surface area is 113 Å². The summed E-state index contributed by atoms with van der Waals surface area (Å²) in [6.45, 7) is 1.75. The lowest BCUT2D eigenvalue weighted by molar-refractivity contribution is -0.0572. The van der Waals surface area contributed by atoms with E-state index >= 15 is 0 Å². The van der Waals surface area contributed by atoms with E-state index in [1.54, 1.807) is 7.11 Å². The number of hydrogen-bond acceptors (Lipinski definition) is 5. The second-order valence-electron chi connectivity index (χ2n) is 5.09. The van der Waals surface area contributed by atoms with Gasteiger partial charge in [-0.05, 0) is 12.1 Å². The molecule has 1 aromatic carbocycles. The molecule has 0 aromatic heterocycles. The molecule has 5 heteroatoms. The van der Waals surface area contributed by atoms with Gasteiger partial charge < -0.3 is 25.2 Å². The highest BCUT2D eigenvalue weighted by atomic mass is 16.5. The van der Waals surface area contributed by atoms with Crippen molar-refractivity contribution in [2.24, 2.45) is 0 Å². The third kappa shape index (κ3) is 3.11. The van der Waals surface area contributed by atoms with Crippen LogP contribution in [0.25, 0.3) is 0 Å². The Morgan fingerprint density at radius 1 is 1.42 bits per heavy atom. The average Bonchev–Trinajstić information content (AvgIpc) is 2.39. The minimum absolute atomic E-state index is 0.535. The van der Waals surface area contributed by atoms with Crippen molar-refractivity contribution in [3.63, 3.8) is 0 Å². The molecule has 0 amide bonds. The van der Waals surface area contributed by atoms with Gasteiger partial charge in [-0.25, -0.2) is 0 Å². The van der Waals surface area contributed by atoms with Crippen LogP contribution >= 0.6 is 0 Å². The molecule has 19 heavy (non-hydrogen) atoms. The van der Waals surface area contributed by atoms with Gasteiger partial charge in [-0.15, -0.1) is 0 Å². The number of likely N-dealkylation sites (N-methyl/N-ethyl adjacent to an activating group) is 1. The fourth-order valence-electron chi connectivity index (χ4n) is 2.48. The number of rotatable bonds is 4.